The summed E-state index contributed by atoms with van der Waals surface area (Å²) in [5.41, 5.74) is 2.38. The number of allylic oxidation sites excluding steroid dienone is 2. The number of carboxylic acids is 2. The molecule has 0 amide bonds. The van der Waals surface area contributed by atoms with E-state index >= 15 is 0 Å². The Balaban J connectivity index is 2.22. The minimum atomic E-state index is -0.976. The molecule has 4 nitrogen and oxygen atoms in total. The molecular formula is C10H12O4. The third-order valence-electron chi connectivity index (χ3n) is 3.28. The fourth-order valence-electron chi connectivity index (χ4n) is 2.31. The Labute approximate surface area is 81.2 Å². The fraction of sp³-hybridized carbons (Fsp3) is 0.600. The van der Waals surface area contributed by atoms with Gasteiger partial charge in [0.15, 0.2) is 0 Å². The normalized spacial score (nSPS) is 30.6. The maximum atomic E-state index is 10.9. The Morgan fingerprint density at radius 3 is 1.50 bits per heavy atom. The highest BCUT2D eigenvalue weighted by Gasteiger charge is 2.41. The average Bonchev–Trinajstić information content (AvgIpc) is 2.05. The van der Waals surface area contributed by atoms with E-state index in [0.717, 1.165) is 12.8 Å². The van der Waals surface area contributed by atoms with Gasteiger partial charge in [-0.1, -0.05) is 11.1 Å². The number of aliphatic carboxylic acids is 2. The van der Waals surface area contributed by atoms with E-state index in [1.165, 1.54) is 11.1 Å². The molecule has 4 heteroatoms. The second-order valence-electron chi connectivity index (χ2n) is 4.00. The number of hydrogen-bond donors (Lipinski definition) is 2. The molecule has 0 bridgehead atoms. The van der Waals surface area contributed by atoms with Crippen molar-refractivity contribution in [3.8, 4) is 0 Å². The van der Waals surface area contributed by atoms with Crippen molar-refractivity contribution in [3.63, 3.8) is 0 Å². The van der Waals surface area contributed by atoms with Crippen LogP contribution >= 0.6 is 0 Å². The molecule has 0 aromatic heterocycles. The number of rotatable bonds is 2. The molecule has 0 saturated heterocycles. The number of hydrogen-bond acceptors (Lipinski definition) is 2. The van der Waals surface area contributed by atoms with E-state index in [-0.39, 0.29) is 0 Å². The van der Waals surface area contributed by atoms with Gasteiger partial charge in [-0.15, -0.1) is 0 Å². The van der Waals surface area contributed by atoms with Gasteiger partial charge in [-0.05, 0) is 25.7 Å². The van der Waals surface area contributed by atoms with E-state index < -0.39 is 23.8 Å². The standard InChI is InChI=1S/C10H12O4/c11-9(12)7-3-5-1-2-6(5)4-8(7)10(13)14/h7-8H,1-4H2,(H,11,12)(H,13,14)/t7-,8+. The average molecular weight is 196 g/mol. The Morgan fingerprint density at radius 1 is 0.929 bits per heavy atom. The van der Waals surface area contributed by atoms with Crippen molar-refractivity contribution >= 4 is 11.9 Å². The molecule has 2 N–H and O–H groups in total. The molecule has 2 aliphatic carbocycles. The molecule has 0 fully saturated rings. The molecule has 2 atom stereocenters. The first kappa shape index (κ1) is 9.24. The first-order chi connectivity index (χ1) is 6.59. The first-order valence-corrected chi connectivity index (χ1v) is 4.75. The topological polar surface area (TPSA) is 74.6 Å². The molecule has 0 spiro atoms. The van der Waals surface area contributed by atoms with Gasteiger partial charge in [-0.2, -0.15) is 0 Å². The van der Waals surface area contributed by atoms with Crippen molar-refractivity contribution in [1.29, 1.82) is 0 Å². The molecule has 0 heterocycles. The van der Waals surface area contributed by atoms with Gasteiger partial charge >= 0.3 is 11.9 Å². The maximum Gasteiger partial charge on any atom is 0.307 e. The molecule has 0 unspecified atom stereocenters. The lowest BCUT2D eigenvalue weighted by Gasteiger charge is -2.35. The first-order valence-electron chi connectivity index (χ1n) is 4.75. The minimum Gasteiger partial charge on any atom is -0.481 e. The second-order valence-corrected chi connectivity index (χ2v) is 4.00. The summed E-state index contributed by atoms with van der Waals surface area (Å²) in [6.45, 7) is 0. The molecule has 76 valence electrons. The van der Waals surface area contributed by atoms with Crippen LogP contribution in [-0.4, -0.2) is 22.2 Å². The van der Waals surface area contributed by atoms with Crippen molar-refractivity contribution in [2.75, 3.05) is 0 Å². The smallest absolute Gasteiger partial charge is 0.307 e. The highest BCUT2D eigenvalue weighted by molar-refractivity contribution is 5.81. The van der Waals surface area contributed by atoms with Gasteiger partial charge in [0.05, 0.1) is 11.8 Å². The van der Waals surface area contributed by atoms with Gasteiger partial charge in [-0.25, -0.2) is 0 Å². The summed E-state index contributed by atoms with van der Waals surface area (Å²) in [5.74, 6) is -3.38. The van der Waals surface area contributed by atoms with Crippen molar-refractivity contribution in [1.82, 2.24) is 0 Å². The van der Waals surface area contributed by atoms with Crippen LogP contribution in [0.5, 0.6) is 0 Å². The minimum absolute atomic E-state index is 0.446. The van der Waals surface area contributed by atoms with Gasteiger partial charge in [0.1, 0.15) is 0 Å². The maximum absolute atomic E-state index is 10.9. The van der Waals surface area contributed by atoms with Crippen LogP contribution < -0.4 is 0 Å². The second kappa shape index (κ2) is 3.12. The lowest BCUT2D eigenvalue weighted by Crippen LogP contribution is -2.35. The number of carboxylic acid groups (broad SMARTS) is 2. The monoisotopic (exact) mass is 196 g/mol. The molecular weight excluding hydrogens is 184 g/mol. The molecule has 0 saturated carbocycles. The highest BCUT2D eigenvalue weighted by atomic mass is 16.4. The van der Waals surface area contributed by atoms with Crippen LogP contribution in [0.25, 0.3) is 0 Å². The Kier molecular flexibility index (Phi) is 2.06. The van der Waals surface area contributed by atoms with Gasteiger partial charge in [-0.3, -0.25) is 9.59 Å². The van der Waals surface area contributed by atoms with Crippen LogP contribution in [0.1, 0.15) is 25.7 Å². The quantitative estimate of drug-likeness (QED) is 0.652. The van der Waals surface area contributed by atoms with E-state index in [2.05, 4.69) is 0 Å². The highest BCUT2D eigenvalue weighted by Crippen LogP contribution is 2.44. The van der Waals surface area contributed by atoms with Gasteiger partial charge < -0.3 is 10.2 Å². The van der Waals surface area contributed by atoms with Crippen LogP contribution in [0.2, 0.25) is 0 Å². The summed E-state index contributed by atoms with van der Waals surface area (Å²) in [6.07, 6.45) is 2.82. The van der Waals surface area contributed by atoms with Crippen LogP contribution in [-0.2, 0) is 9.59 Å². The molecule has 0 radical (unpaired) electrons. The predicted octanol–water partition coefficient (Wildman–Crippen LogP) is 1.27. The number of carbonyl (C=O) groups is 2. The molecule has 0 aromatic carbocycles. The zero-order valence-electron chi connectivity index (χ0n) is 7.69. The predicted molar refractivity (Wildman–Crippen MR) is 47.7 cm³/mol. The molecule has 0 aliphatic heterocycles. The fourth-order valence-corrected chi connectivity index (χ4v) is 2.31. The SMILES string of the molecule is O=C(O)[C@H]1CC2=C(CC2)C[C@H]1C(=O)O. The van der Waals surface area contributed by atoms with E-state index in [1.807, 2.05) is 0 Å². The molecule has 2 aliphatic rings. The van der Waals surface area contributed by atoms with Crippen molar-refractivity contribution < 1.29 is 19.8 Å². The summed E-state index contributed by atoms with van der Waals surface area (Å²) in [5, 5.41) is 17.8. The third kappa shape index (κ3) is 1.31. The summed E-state index contributed by atoms with van der Waals surface area (Å²) in [6, 6.07) is 0. The third-order valence-corrected chi connectivity index (χ3v) is 3.28. The zero-order chi connectivity index (χ0) is 10.3. The van der Waals surface area contributed by atoms with Crippen molar-refractivity contribution in [2.24, 2.45) is 11.8 Å². The Morgan fingerprint density at radius 2 is 1.29 bits per heavy atom. The Hall–Kier alpha value is -1.32. The lowest BCUT2D eigenvalue weighted by atomic mass is 9.68. The van der Waals surface area contributed by atoms with Gasteiger partial charge in [0.25, 0.3) is 0 Å². The van der Waals surface area contributed by atoms with Gasteiger partial charge in [0, 0.05) is 0 Å². The van der Waals surface area contributed by atoms with Crippen LogP contribution in [0.15, 0.2) is 11.1 Å². The summed E-state index contributed by atoms with van der Waals surface area (Å²) in [7, 11) is 0. The summed E-state index contributed by atoms with van der Waals surface area (Å²) < 4.78 is 0. The van der Waals surface area contributed by atoms with E-state index in [4.69, 9.17) is 10.2 Å². The largest absolute Gasteiger partial charge is 0.481 e. The molecule has 0 aromatic rings. The van der Waals surface area contributed by atoms with Crippen LogP contribution in [0.4, 0.5) is 0 Å². The molecule has 2 rings (SSSR count). The van der Waals surface area contributed by atoms with E-state index in [1.54, 1.807) is 0 Å². The zero-order valence-corrected chi connectivity index (χ0v) is 7.69. The van der Waals surface area contributed by atoms with Crippen molar-refractivity contribution in [3.05, 3.63) is 11.1 Å². The van der Waals surface area contributed by atoms with Gasteiger partial charge in [0.2, 0.25) is 0 Å². The lowest BCUT2D eigenvalue weighted by molar-refractivity contribution is -0.154. The van der Waals surface area contributed by atoms with E-state index in [0.29, 0.717) is 12.8 Å². The summed E-state index contributed by atoms with van der Waals surface area (Å²) >= 11 is 0. The molecule has 14 heavy (non-hydrogen) atoms. The summed E-state index contributed by atoms with van der Waals surface area (Å²) in [4.78, 5) is 21.7. The van der Waals surface area contributed by atoms with Crippen LogP contribution in [0, 0.1) is 11.8 Å². The van der Waals surface area contributed by atoms with Crippen LogP contribution in [0.3, 0.4) is 0 Å². The Bertz CT molecular complexity index is 297. The van der Waals surface area contributed by atoms with Crippen molar-refractivity contribution in [2.45, 2.75) is 25.7 Å². The van der Waals surface area contributed by atoms with E-state index in [9.17, 15) is 9.59 Å².